The molecule has 132 valence electrons. The summed E-state index contributed by atoms with van der Waals surface area (Å²) in [4.78, 5) is 33.7. The third-order valence-corrected chi connectivity index (χ3v) is 3.10. The minimum atomic E-state index is -0.967. The maximum Gasteiger partial charge on any atom is 0.320 e. The lowest BCUT2D eigenvalue weighted by Gasteiger charge is -2.14. The number of carbonyl (C=O) groups excluding carboxylic acids is 2. The number of esters is 2. The highest BCUT2D eigenvalue weighted by Crippen LogP contribution is 2.18. The van der Waals surface area contributed by atoms with Crippen LogP contribution in [-0.4, -0.2) is 36.7 Å². The molecular weight excluding hydrogens is 318 g/mol. The molecule has 0 saturated heterocycles. The van der Waals surface area contributed by atoms with Crippen molar-refractivity contribution in [2.24, 2.45) is 5.92 Å². The van der Waals surface area contributed by atoms with Crippen LogP contribution in [0.15, 0.2) is 24.3 Å². The highest BCUT2D eigenvalue weighted by molar-refractivity contribution is 5.94. The standard InChI is InChI=1S/C16H21NO7/c1-3-22-15(18)14(16(19)23-4-2)6-5-11-24-13-9-7-12(8-10-13)17(20)21/h7-10,14H,3-6,11H2,1-2H3. The fourth-order valence-corrected chi connectivity index (χ4v) is 1.96. The molecule has 0 atom stereocenters. The molecule has 24 heavy (non-hydrogen) atoms. The highest BCUT2D eigenvalue weighted by Gasteiger charge is 2.28. The van der Waals surface area contributed by atoms with Gasteiger partial charge in [-0.2, -0.15) is 0 Å². The Kier molecular flexibility index (Phi) is 8.24. The Bertz CT molecular complexity index is 538. The number of rotatable bonds is 10. The first-order valence-corrected chi connectivity index (χ1v) is 7.70. The van der Waals surface area contributed by atoms with Crippen molar-refractivity contribution in [1.29, 1.82) is 0 Å². The van der Waals surface area contributed by atoms with E-state index in [9.17, 15) is 19.7 Å². The van der Waals surface area contributed by atoms with E-state index in [1.165, 1.54) is 24.3 Å². The van der Waals surface area contributed by atoms with Crippen molar-refractivity contribution in [1.82, 2.24) is 0 Å². The number of non-ortho nitro benzene ring substituents is 1. The number of benzene rings is 1. The van der Waals surface area contributed by atoms with E-state index in [1.807, 2.05) is 0 Å². The van der Waals surface area contributed by atoms with E-state index >= 15 is 0 Å². The Labute approximate surface area is 139 Å². The normalized spacial score (nSPS) is 10.3. The molecule has 0 saturated carbocycles. The number of carbonyl (C=O) groups is 2. The van der Waals surface area contributed by atoms with Crippen LogP contribution in [0.3, 0.4) is 0 Å². The maximum absolute atomic E-state index is 11.8. The van der Waals surface area contributed by atoms with E-state index in [4.69, 9.17) is 14.2 Å². The monoisotopic (exact) mass is 339 g/mol. The van der Waals surface area contributed by atoms with Crippen LogP contribution in [0.2, 0.25) is 0 Å². The Morgan fingerprint density at radius 1 is 1.08 bits per heavy atom. The summed E-state index contributed by atoms with van der Waals surface area (Å²) in [5.41, 5.74) is -0.0213. The van der Waals surface area contributed by atoms with Crippen LogP contribution in [0, 0.1) is 16.0 Å². The molecule has 0 spiro atoms. The number of hydrogen-bond donors (Lipinski definition) is 0. The van der Waals surface area contributed by atoms with Gasteiger partial charge in [-0.1, -0.05) is 0 Å². The summed E-state index contributed by atoms with van der Waals surface area (Å²) >= 11 is 0. The van der Waals surface area contributed by atoms with Gasteiger partial charge in [0.2, 0.25) is 0 Å². The minimum absolute atomic E-state index is 0.0213. The lowest BCUT2D eigenvalue weighted by atomic mass is 10.0. The molecule has 0 unspecified atom stereocenters. The zero-order chi connectivity index (χ0) is 17.9. The van der Waals surface area contributed by atoms with Crippen LogP contribution in [0.1, 0.15) is 26.7 Å². The average molecular weight is 339 g/mol. The van der Waals surface area contributed by atoms with E-state index in [0.717, 1.165) is 0 Å². The first-order valence-electron chi connectivity index (χ1n) is 7.70. The van der Waals surface area contributed by atoms with Gasteiger partial charge in [0.15, 0.2) is 5.92 Å². The number of nitro groups is 1. The smallest absolute Gasteiger partial charge is 0.320 e. The van der Waals surface area contributed by atoms with Gasteiger partial charge in [-0.3, -0.25) is 19.7 Å². The summed E-state index contributed by atoms with van der Waals surface area (Å²) in [6, 6.07) is 5.67. The zero-order valence-corrected chi connectivity index (χ0v) is 13.7. The molecule has 0 heterocycles. The summed E-state index contributed by atoms with van der Waals surface area (Å²) in [6.07, 6.45) is 0.671. The van der Waals surface area contributed by atoms with Crippen molar-refractivity contribution < 1.29 is 28.7 Å². The Morgan fingerprint density at radius 3 is 2.08 bits per heavy atom. The average Bonchev–Trinajstić information content (AvgIpc) is 2.55. The Morgan fingerprint density at radius 2 is 1.62 bits per heavy atom. The largest absolute Gasteiger partial charge is 0.494 e. The zero-order valence-electron chi connectivity index (χ0n) is 13.7. The van der Waals surface area contributed by atoms with E-state index in [2.05, 4.69) is 0 Å². The molecule has 0 aliphatic rings. The molecule has 0 aromatic heterocycles. The third kappa shape index (κ3) is 6.23. The highest BCUT2D eigenvalue weighted by atomic mass is 16.6. The lowest BCUT2D eigenvalue weighted by molar-refractivity contribution is -0.384. The van der Waals surface area contributed by atoms with Crippen LogP contribution < -0.4 is 4.74 Å². The van der Waals surface area contributed by atoms with Crippen molar-refractivity contribution in [2.45, 2.75) is 26.7 Å². The van der Waals surface area contributed by atoms with Crippen molar-refractivity contribution in [3.8, 4) is 5.75 Å². The van der Waals surface area contributed by atoms with Gasteiger partial charge in [0, 0.05) is 12.1 Å². The molecule has 0 aliphatic heterocycles. The van der Waals surface area contributed by atoms with Crippen molar-refractivity contribution >= 4 is 17.6 Å². The van der Waals surface area contributed by atoms with E-state index in [1.54, 1.807) is 13.8 Å². The summed E-state index contributed by atoms with van der Waals surface area (Å²) < 4.78 is 15.2. The molecule has 8 nitrogen and oxygen atoms in total. The number of ether oxygens (including phenoxy) is 3. The molecule has 1 aromatic rings. The maximum atomic E-state index is 11.8. The second-order valence-corrected chi connectivity index (χ2v) is 4.80. The van der Waals surface area contributed by atoms with Gasteiger partial charge in [0.1, 0.15) is 5.75 Å². The van der Waals surface area contributed by atoms with Crippen LogP contribution >= 0.6 is 0 Å². The van der Waals surface area contributed by atoms with E-state index in [-0.39, 0.29) is 31.9 Å². The van der Waals surface area contributed by atoms with Crippen molar-refractivity contribution in [3.05, 3.63) is 34.4 Å². The van der Waals surface area contributed by atoms with Gasteiger partial charge in [0.05, 0.1) is 24.7 Å². The number of nitrogens with zero attached hydrogens (tertiary/aromatic N) is 1. The second kappa shape index (κ2) is 10.2. The molecule has 0 N–H and O–H groups in total. The van der Waals surface area contributed by atoms with E-state index in [0.29, 0.717) is 12.2 Å². The molecule has 8 heteroatoms. The van der Waals surface area contributed by atoms with Gasteiger partial charge in [-0.15, -0.1) is 0 Å². The molecule has 0 aliphatic carbocycles. The quantitative estimate of drug-likeness (QED) is 0.212. The Hall–Kier alpha value is -2.64. The molecule has 1 rings (SSSR count). The van der Waals surface area contributed by atoms with Crippen molar-refractivity contribution in [3.63, 3.8) is 0 Å². The van der Waals surface area contributed by atoms with Gasteiger partial charge in [-0.05, 0) is 38.8 Å². The minimum Gasteiger partial charge on any atom is -0.494 e. The molecular formula is C16H21NO7. The van der Waals surface area contributed by atoms with Crippen molar-refractivity contribution in [2.75, 3.05) is 19.8 Å². The summed E-state index contributed by atoms with van der Waals surface area (Å²) in [7, 11) is 0. The first-order chi connectivity index (χ1) is 11.5. The fourth-order valence-electron chi connectivity index (χ4n) is 1.96. The second-order valence-electron chi connectivity index (χ2n) is 4.80. The molecule has 0 bridgehead atoms. The summed E-state index contributed by atoms with van der Waals surface area (Å²) in [6.45, 7) is 3.96. The van der Waals surface area contributed by atoms with Crippen LogP contribution in [-0.2, 0) is 19.1 Å². The summed E-state index contributed by atoms with van der Waals surface area (Å²) in [5, 5.41) is 10.6. The predicted octanol–water partition coefficient (Wildman–Crippen LogP) is 2.50. The summed E-state index contributed by atoms with van der Waals surface area (Å²) in [5.74, 6) is -1.70. The topological polar surface area (TPSA) is 105 Å². The molecule has 0 radical (unpaired) electrons. The van der Waals surface area contributed by atoms with Crippen LogP contribution in [0.25, 0.3) is 0 Å². The van der Waals surface area contributed by atoms with Crippen LogP contribution in [0.4, 0.5) is 5.69 Å². The Balaban J connectivity index is 2.47. The van der Waals surface area contributed by atoms with Gasteiger partial charge in [-0.25, -0.2) is 0 Å². The number of nitro benzene ring substituents is 1. The van der Waals surface area contributed by atoms with E-state index < -0.39 is 22.8 Å². The van der Waals surface area contributed by atoms with Gasteiger partial charge < -0.3 is 14.2 Å². The third-order valence-electron chi connectivity index (χ3n) is 3.10. The van der Waals surface area contributed by atoms with Gasteiger partial charge >= 0.3 is 11.9 Å². The lowest BCUT2D eigenvalue weighted by Crippen LogP contribution is -2.28. The molecule has 1 aromatic carbocycles. The fraction of sp³-hybridized carbons (Fsp3) is 0.500. The molecule has 0 fully saturated rings. The molecule has 0 amide bonds. The SMILES string of the molecule is CCOC(=O)C(CCCOc1ccc([N+](=O)[O-])cc1)C(=O)OCC. The van der Waals surface area contributed by atoms with Crippen LogP contribution in [0.5, 0.6) is 5.75 Å². The first kappa shape index (κ1) is 19.4. The van der Waals surface area contributed by atoms with Gasteiger partial charge in [0.25, 0.3) is 5.69 Å². The number of hydrogen-bond acceptors (Lipinski definition) is 7. The predicted molar refractivity (Wildman–Crippen MR) is 84.6 cm³/mol.